The van der Waals surface area contributed by atoms with Crippen LogP contribution in [0, 0.1) is 0 Å². The first-order valence-electron chi connectivity index (χ1n) is 8.51. The molecule has 0 aliphatic rings. The highest BCUT2D eigenvalue weighted by atomic mass is 32.2. The third-order valence-corrected chi connectivity index (χ3v) is 5.99. The molecule has 3 heteroatoms. The molecule has 0 unspecified atom stereocenters. The first-order chi connectivity index (χ1) is 11.7. The van der Waals surface area contributed by atoms with Crippen LogP contribution in [0.2, 0.25) is 0 Å². The summed E-state index contributed by atoms with van der Waals surface area (Å²) in [4.78, 5) is 0. The van der Waals surface area contributed by atoms with E-state index in [2.05, 4.69) is 20.8 Å². The standard InChI is InChI=1S/C22H24O2S/c1-22(2,3)20-13-11-17(12-14-20)15-25(23,24)16-19-9-6-8-18-7-4-5-10-21(18)19/h4-14H,15-16H2,1-3H3. The van der Waals surface area contributed by atoms with E-state index in [-0.39, 0.29) is 16.9 Å². The molecule has 0 N–H and O–H groups in total. The number of sulfone groups is 1. The monoisotopic (exact) mass is 352 g/mol. The Labute approximate surface area is 150 Å². The molecule has 0 saturated heterocycles. The van der Waals surface area contributed by atoms with Crippen LogP contribution in [0.15, 0.2) is 66.7 Å². The second-order valence-electron chi connectivity index (χ2n) is 7.62. The Kier molecular flexibility index (Phi) is 4.70. The summed E-state index contributed by atoms with van der Waals surface area (Å²) in [7, 11) is -3.23. The maximum Gasteiger partial charge on any atom is 0.158 e. The normalized spacial score (nSPS) is 12.4. The van der Waals surface area contributed by atoms with E-state index in [4.69, 9.17) is 0 Å². The minimum atomic E-state index is -3.23. The van der Waals surface area contributed by atoms with Crippen molar-refractivity contribution in [1.82, 2.24) is 0 Å². The smallest absolute Gasteiger partial charge is 0.158 e. The van der Waals surface area contributed by atoms with Crippen LogP contribution >= 0.6 is 0 Å². The van der Waals surface area contributed by atoms with Crippen LogP contribution in [0.3, 0.4) is 0 Å². The van der Waals surface area contributed by atoms with E-state index in [1.165, 1.54) is 5.56 Å². The number of benzene rings is 3. The molecule has 0 spiro atoms. The van der Waals surface area contributed by atoms with Crippen molar-refractivity contribution in [2.45, 2.75) is 37.7 Å². The molecule has 0 radical (unpaired) electrons. The molecule has 25 heavy (non-hydrogen) atoms. The zero-order chi connectivity index (χ0) is 18.1. The Balaban J connectivity index is 1.82. The number of hydrogen-bond donors (Lipinski definition) is 0. The summed E-state index contributed by atoms with van der Waals surface area (Å²) < 4.78 is 25.4. The highest BCUT2D eigenvalue weighted by Crippen LogP contribution is 2.24. The molecule has 0 amide bonds. The molecule has 3 rings (SSSR count). The van der Waals surface area contributed by atoms with Gasteiger partial charge in [-0.25, -0.2) is 8.42 Å². The van der Waals surface area contributed by atoms with Crippen molar-refractivity contribution in [2.75, 3.05) is 0 Å². The molecule has 0 atom stereocenters. The molecule has 3 aromatic rings. The Morgan fingerprint density at radius 1 is 0.760 bits per heavy atom. The summed E-state index contributed by atoms with van der Waals surface area (Å²) >= 11 is 0. The fourth-order valence-corrected chi connectivity index (χ4v) is 4.59. The molecule has 0 fully saturated rings. The van der Waals surface area contributed by atoms with Crippen molar-refractivity contribution in [2.24, 2.45) is 0 Å². The number of hydrogen-bond acceptors (Lipinski definition) is 2. The van der Waals surface area contributed by atoms with Crippen LogP contribution in [0.4, 0.5) is 0 Å². The van der Waals surface area contributed by atoms with Gasteiger partial charge in [0.05, 0.1) is 11.5 Å². The lowest BCUT2D eigenvalue weighted by Gasteiger charge is -2.19. The van der Waals surface area contributed by atoms with Crippen molar-refractivity contribution in [1.29, 1.82) is 0 Å². The van der Waals surface area contributed by atoms with E-state index < -0.39 is 9.84 Å². The predicted octanol–water partition coefficient (Wildman–Crippen LogP) is 5.25. The average Bonchev–Trinajstić information content (AvgIpc) is 2.54. The first-order valence-corrected chi connectivity index (χ1v) is 10.3. The summed E-state index contributed by atoms with van der Waals surface area (Å²) in [6, 6.07) is 21.7. The molecule has 0 aliphatic carbocycles. The van der Waals surface area contributed by atoms with Crippen molar-refractivity contribution in [3.63, 3.8) is 0 Å². The van der Waals surface area contributed by atoms with Gasteiger partial charge in [-0.2, -0.15) is 0 Å². The van der Waals surface area contributed by atoms with E-state index >= 15 is 0 Å². The Hall–Kier alpha value is -2.13. The summed E-state index contributed by atoms with van der Waals surface area (Å²) in [5.74, 6) is 0.135. The maximum absolute atomic E-state index is 12.7. The molecular formula is C22H24O2S. The fraction of sp³-hybridized carbons (Fsp3) is 0.273. The molecular weight excluding hydrogens is 328 g/mol. The van der Waals surface area contributed by atoms with Crippen LogP contribution in [0.5, 0.6) is 0 Å². The van der Waals surface area contributed by atoms with Gasteiger partial charge in [0.15, 0.2) is 9.84 Å². The lowest BCUT2D eigenvalue weighted by molar-refractivity contribution is 0.589. The largest absolute Gasteiger partial charge is 0.228 e. The average molecular weight is 352 g/mol. The van der Waals surface area contributed by atoms with Gasteiger partial charge >= 0.3 is 0 Å². The van der Waals surface area contributed by atoms with E-state index in [0.29, 0.717) is 0 Å². The predicted molar refractivity (Wildman–Crippen MR) is 105 cm³/mol. The van der Waals surface area contributed by atoms with Gasteiger partial charge in [0, 0.05) is 0 Å². The summed E-state index contributed by atoms with van der Waals surface area (Å²) in [6.07, 6.45) is 0. The second-order valence-corrected chi connectivity index (χ2v) is 9.68. The third kappa shape index (κ3) is 4.29. The minimum Gasteiger partial charge on any atom is -0.228 e. The van der Waals surface area contributed by atoms with Gasteiger partial charge in [-0.3, -0.25) is 0 Å². The number of fused-ring (bicyclic) bond motifs is 1. The molecule has 0 saturated carbocycles. The first kappa shape index (κ1) is 17.7. The van der Waals surface area contributed by atoms with E-state index in [0.717, 1.165) is 21.9 Å². The third-order valence-electron chi connectivity index (χ3n) is 4.46. The molecule has 3 aromatic carbocycles. The number of rotatable bonds is 4. The van der Waals surface area contributed by atoms with E-state index in [9.17, 15) is 8.42 Å². The molecule has 130 valence electrons. The van der Waals surface area contributed by atoms with E-state index in [1.54, 1.807) is 0 Å². The highest BCUT2D eigenvalue weighted by Gasteiger charge is 2.17. The molecule has 0 aliphatic heterocycles. The topological polar surface area (TPSA) is 34.1 Å². The zero-order valence-electron chi connectivity index (χ0n) is 15.0. The van der Waals surface area contributed by atoms with Crippen LogP contribution in [-0.2, 0) is 26.8 Å². The second kappa shape index (κ2) is 6.64. The van der Waals surface area contributed by atoms with Crippen LogP contribution in [0.1, 0.15) is 37.5 Å². The summed E-state index contributed by atoms with van der Waals surface area (Å²) in [5.41, 5.74) is 2.99. The van der Waals surface area contributed by atoms with Crippen molar-refractivity contribution in [3.05, 3.63) is 83.4 Å². The zero-order valence-corrected chi connectivity index (χ0v) is 15.8. The Morgan fingerprint density at radius 2 is 1.40 bits per heavy atom. The molecule has 0 bridgehead atoms. The van der Waals surface area contributed by atoms with Crippen LogP contribution in [0.25, 0.3) is 10.8 Å². The van der Waals surface area contributed by atoms with Crippen molar-refractivity contribution in [3.8, 4) is 0 Å². The maximum atomic E-state index is 12.7. The minimum absolute atomic E-state index is 0.0649. The van der Waals surface area contributed by atoms with Gasteiger partial charge in [-0.05, 0) is 32.9 Å². The fourth-order valence-electron chi connectivity index (χ4n) is 3.06. The van der Waals surface area contributed by atoms with Gasteiger partial charge in [0.1, 0.15) is 0 Å². The van der Waals surface area contributed by atoms with Gasteiger partial charge in [0.25, 0.3) is 0 Å². The van der Waals surface area contributed by atoms with Gasteiger partial charge in [-0.15, -0.1) is 0 Å². The van der Waals surface area contributed by atoms with Crippen molar-refractivity contribution >= 4 is 20.6 Å². The van der Waals surface area contributed by atoms with Crippen LogP contribution < -0.4 is 0 Å². The van der Waals surface area contributed by atoms with Gasteiger partial charge in [-0.1, -0.05) is 87.5 Å². The quantitative estimate of drug-likeness (QED) is 0.642. The lowest BCUT2D eigenvalue weighted by Crippen LogP contribution is -2.12. The van der Waals surface area contributed by atoms with Crippen LogP contribution in [-0.4, -0.2) is 8.42 Å². The molecule has 2 nitrogen and oxygen atoms in total. The molecule has 0 heterocycles. The SMILES string of the molecule is CC(C)(C)c1ccc(CS(=O)(=O)Cc2cccc3ccccc23)cc1. The Morgan fingerprint density at radius 3 is 2.08 bits per heavy atom. The van der Waals surface area contributed by atoms with Gasteiger partial charge in [0.2, 0.25) is 0 Å². The van der Waals surface area contributed by atoms with Crippen molar-refractivity contribution < 1.29 is 8.42 Å². The summed E-state index contributed by atoms with van der Waals surface area (Å²) in [5, 5.41) is 2.08. The Bertz CT molecular complexity index is 973. The van der Waals surface area contributed by atoms with E-state index in [1.807, 2.05) is 66.7 Å². The molecule has 0 aromatic heterocycles. The highest BCUT2D eigenvalue weighted by molar-refractivity contribution is 7.89. The van der Waals surface area contributed by atoms with Gasteiger partial charge < -0.3 is 0 Å². The summed E-state index contributed by atoms with van der Waals surface area (Å²) in [6.45, 7) is 6.46. The lowest BCUT2D eigenvalue weighted by atomic mass is 9.87.